The third kappa shape index (κ3) is 4.67. The molecule has 0 N–H and O–H groups in total. The predicted octanol–water partition coefficient (Wildman–Crippen LogP) is 4.91. The zero-order valence-corrected chi connectivity index (χ0v) is 19.4. The van der Waals surface area contributed by atoms with Gasteiger partial charge in [0.2, 0.25) is 0 Å². The first-order valence-electron chi connectivity index (χ1n) is 9.24. The molecule has 27 heavy (non-hydrogen) atoms. The van der Waals surface area contributed by atoms with Gasteiger partial charge in [0, 0.05) is 30.2 Å². The van der Waals surface area contributed by atoms with Crippen molar-refractivity contribution in [2.45, 2.75) is 86.5 Å². The van der Waals surface area contributed by atoms with Crippen molar-refractivity contribution in [1.29, 1.82) is 0 Å². The van der Waals surface area contributed by atoms with Crippen molar-refractivity contribution in [3.63, 3.8) is 0 Å². The maximum atomic E-state index is 14.8. The first-order chi connectivity index (χ1) is 12.3. The fraction of sp³-hybridized carbons (Fsp3) is 0.722. The first kappa shape index (κ1) is 24.0. The average molecular weight is 418 g/mol. The van der Waals surface area contributed by atoms with E-state index in [-0.39, 0.29) is 45.1 Å². The molecule has 0 fully saturated rings. The van der Waals surface area contributed by atoms with Crippen molar-refractivity contribution in [2.75, 3.05) is 0 Å². The van der Waals surface area contributed by atoms with Crippen LogP contribution in [0.1, 0.15) is 72.0 Å². The third-order valence-electron chi connectivity index (χ3n) is 4.24. The largest absolute Gasteiger partial charge is 0.294 e. The third-order valence-corrected chi connectivity index (χ3v) is 10.1. The van der Waals surface area contributed by atoms with Crippen molar-refractivity contribution in [1.82, 2.24) is 9.34 Å². The maximum Gasteiger partial charge on any atom is 0.294 e. The summed E-state index contributed by atoms with van der Waals surface area (Å²) in [6.07, 6.45) is 0. The van der Waals surface area contributed by atoms with Crippen LogP contribution in [0.5, 0.6) is 0 Å². The second-order valence-electron chi connectivity index (χ2n) is 7.79. The van der Waals surface area contributed by atoms with Gasteiger partial charge >= 0.3 is 0 Å². The van der Waals surface area contributed by atoms with Crippen LogP contribution >= 0.6 is 18.8 Å². The quantitative estimate of drug-likeness (QED) is 0.246. The highest BCUT2D eigenvalue weighted by Gasteiger charge is 2.49. The van der Waals surface area contributed by atoms with Gasteiger partial charge in [0.1, 0.15) is 0 Å². The minimum atomic E-state index is -3.54. The Labute approximate surface area is 166 Å². The predicted molar refractivity (Wildman–Crippen MR) is 112 cm³/mol. The van der Waals surface area contributed by atoms with Crippen molar-refractivity contribution < 1.29 is 14.3 Å². The molecule has 9 heteroatoms. The molecule has 154 valence electrons. The number of rotatable bonds is 9. The van der Waals surface area contributed by atoms with Gasteiger partial charge in [-0.2, -0.15) is 0 Å². The van der Waals surface area contributed by atoms with Crippen molar-refractivity contribution in [3.8, 4) is 0 Å². The molecule has 0 atom stereocenters. The monoisotopic (exact) mass is 417 g/mol. The Balaban J connectivity index is 3.98. The van der Waals surface area contributed by atoms with E-state index in [0.717, 1.165) is 11.3 Å². The van der Waals surface area contributed by atoms with E-state index in [1.165, 1.54) is 13.0 Å². The summed E-state index contributed by atoms with van der Waals surface area (Å²) in [6.45, 7) is 16.9. The molecular formula is C18H32N3O4PS. The Bertz CT molecular complexity index is 703. The van der Waals surface area contributed by atoms with Crippen LogP contribution in [-0.4, -0.2) is 44.2 Å². The average Bonchev–Trinajstić information content (AvgIpc) is 2.91. The lowest BCUT2D eigenvalue weighted by Gasteiger charge is -2.46. The number of carbonyl (C=O) groups is 1. The fourth-order valence-corrected chi connectivity index (χ4v) is 9.36. The van der Waals surface area contributed by atoms with Crippen LogP contribution in [0.3, 0.4) is 0 Å². The highest BCUT2D eigenvalue weighted by Crippen LogP contribution is 2.59. The van der Waals surface area contributed by atoms with Crippen LogP contribution in [-0.2, 0) is 4.57 Å². The molecular weight excluding hydrogens is 385 g/mol. The second kappa shape index (κ2) is 8.95. The molecule has 0 bridgehead atoms. The lowest BCUT2D eigenvalue weighted by molar-refractivity contribution is -0.383. The summed E-state index contributed by atoms with van der Waals surface area (Å²) in [5, 5.41) is 11.8. The standard InChI is InChI=1S/C18H32N3O4PS/c1-11(2)19(12(3)4)26(25,20(13(5)6)14(7)8)18-16(21(23)24)10-17(27-18)15(9)22/h10-14H,1-9H3. The Morgan fingerprint density at radius 1 is 1.00 bits per heavy atom. The highest BCUT2D eigenvalue weighted by atomic mass is 32.1. The molecule has 7 nitrogen and oxygen atoms in total. The van der Waals surface area contributed by atoms with Crippen LogP contribution in [0.4, 0.5) is 5.69 Å². The van der Waals surface area contributed by atoms with Gasteiger partial charge in [-0.25, -0.2) is 9.34 Å². The Hall–Kier alpha value is -1.08. The van der Waals surface area contributed by atoms with Crippen LogP contribution in [0.2, 0.25) is 0 Å². The summed E-state index contributed by atoms with van der Waals surface area (Å²) in [6, 6.07) is 0.875. The maximum absolute atomic E-state index is 14.8. The van der Waals surface area contributed by atoms with E-state index in [9.17, 15) is 19.5 Å². The number of carbonyl (C=O) groups excluding carboxylic acids is 1. The Kier molecular flexibility index (Phi) is 7.94. The highest BCUT2D eigenvalue weighted by molar-refractivity contribution is 7.73. The fourth-order valence-electron chi connectivity index (χ4n) is 3.66. The van der Waals surface area contributed by atoms with E-state index in [1.54, 1.807) is 0 Å². The minimum Gasteiger partial charge on any atom is -0.294 e. The lowest BCUT2D eigenvalue weighted by Crippen LogP contribution is -2.48. The van der Waals surface area contributed by atoms with E-state index in [1.807, 2.05) is 64.7 Å². The van der Waals surface area contributed by atoms with Gasteiger partial charge in [-0.1, -0.05) is 0 Å². The number of hydrogen-bond acceptors (Lipinski definition) is 5. The number of ketones is 1. The lowest BCUT2D eigenvalue weighted by atomic mass is 10.3. The van der Waals surface area contributed by atoms with Crippen molar-refractivity contribution >= 4 is 34.9 Å². The molecule has 0 unspecified atom stereocenters. The number of nitrogens with zero attached hydrogens (tertiary/aromatic N) is 3. The van der Waals surface area contributed by atoms with Crippen LogP contribution in [0, 0.1) is 10.1 Å². The van der Waals surface area contributed by atoms with Crippen LogP contribution in [0.25, 0.3) is 0 Å². The molecule has 1 aromatic heterocycles. The van der Waals surface area contributed by atoms with Gasteiger partial charge in [-0.05, 0) is 62.3 Å². The molecule has 0 saturated heterocycles. The van der Waals surface area contributed by atoms with E-state index < -0.39 is 12.4 Å². The van der Waals surface area contributed by atoms with Gasteiger partial charge in [-0.15, -0.1) is 11.3 Å². The summed E-state index contributed by atoms with van der Waals surface area (Å²) >= 11 is 0.992. The first-order valence-corrected chi connectivity index (χ1v) is 11.7. The Morgan fingerprint density at radius 3 is 1.63 bits per heavy atom. The molecule has 0 aliphatic heterocycles. The summed E-state index contributed by atoms with van der Waals surface area (Å²) in [4.78, 5) is 23.4. The zero-order valence-electron chi connectivity index (χ0n) is 17.7. The molecule has 1 aromatic rings. The van der Waals surface area contributed by atoms with E-state index in [4.69, 9.17) is 0 Å². The topological polar surface area (TPSA) is 83.8 Å². The smallest absolute Gasteiger partial charge is 0.294 e. The van der Waals surface area contributed by atoms with E-state index in [2.05, 4.69) is 0 Å². The van der Waals surface area contributed by atoms with Gasteiger partial charge in [-0.3, -0.25) is 19.5 Å². The molecule has 0 saturated carbocycles. The number of thiophene rings is 1. The molecule has 0 spiro atoms. The number of Topliss-reactive ketones (excluding diaryl/α,β-unsaturated/α-hetero) is 1. The van der Waals surface area contributed by atoms with Gasteiger partial charge < -0.3 is 0 Å². The molecule has 0 amide bonds. The van der Waals surface area contributed by atoms with E-state index in [0.29, 0.717) is 0 Å². The summed E-state index contributed by atoms with van der Waals surface area (Å²) in [7, 11) is -3.54. The van der Waals surface area contributed by atoms with Crippen molar-refractivity contribution in [3.05, 3.63) is 21.1 Å². The molecule has 1 heterocycles. The molecule has 1 rings (SSSR count). The Morgan fingerprint density at radius 2 is 1.37 bits per heavy atom. The summed E-state index contributed by atoms with van der Waals surface area (Å²) in [5.41, 5.74) is -0.230. The zero-order chi connectivity index (χ0) is 21.3. The van der Waals surface area contributed by atoms with Crippen LogP contribution < -0.4 is 4.62 Å². The molecule has 0 aliphatic carbocycles. The van der Waals surface area contributed by atoms with Gasteiger partial charge in [0.05, 0.1) is 9.80 Å². The number of hydrogen-bond donors (Lipinski definition) is 0. The second-order valence-corrected chi connectivity index (χ2v) is 11.6. The van der Waals surface area contributed by atoms with Crippen LogP contribution in [0.15, 0.2) is 6.07 Å². The SMILES string of the molecule is CC(=O)c1cc([N+](=O)[O-])c(P(=O)(N(C(C)C)C(C)C)N(C(C)C)C(C)C)s1. The number of nitro groups is 1. The molecule has 0 aliphatic rings. The molecule has 0 aromatic carbocycles. The molecule has 0 radical (unpaired) electrons. The normalized spacial score (nSPS) is 13.0. The van der Waals surface area contributed by atoms with Gasteiger partial charge in [0.25, 0.3) is 13.1 Å². The van der Waals surface area contributed by atoms with Crippen molar-refractivity contribution in [2.24, 2.45) is 0 Å². The summed E-state index contributed by atoms with van der Waals surface area (Å²) in [5.74, 6) is -0.262. The minimum absolute atomic E-state index is 0.0988. The van der Waals surface area contributed by atoms with Gasteiger partial charge in [0.15, 0.2) is 10.4 Å². The summed E-state index contributed by atoms with van der Waals surface area (Å²) < 4.78 is 18.7. The van der Waals surface area contributed by atoms with E-state index >= 15 is 0 Å².